The summed E-state index contributed by atoms with van der Waals surface area (Å²) in [5, 5.41) is 7.51. The Hall–Kier alpha value is -2.83. The Balaban J connectivity index is 1.87. The quantitative estimate of drug-likeness (QED) is 0.701. The summed E-state index contributed by atoms with van der Waals surface area (Å²) in [4.78, 5) is 25.4. The van der Waals surface area contributed by atoms with Gasteiger partial charge in [0.05, 0.1) is 5.69 Å². The van der Waals surface area contributed by atoms with E-state index in [0.29, 0.717) is 30.2 Å². The van der Waals surface area contributed by atoms with Crippen LogP contribution in [0.2, 0.25) is 0 Å². The monoisotopic (exact) mass is 400 g/mol. The molecule has 1 heterocycles. The Kier molecular flexibility index (Phi) is 7.82. The van der Waals surface area contributed by atoms with Crippen LogP contribution in [-0.4, -0.2) is 47.2 Å². The number of hydrogen-bond donors (Lipinski definition) is 1. The molecule has 0 saturated heterocycles. The van der Waals surface area contributed by atoms with Gasteiger partial charge in [0, 0.05) is 38.4 Å². The molecule has 2 aromatic rings. The van der Waals surface area contributed by atoms with Gasteiger partial charge in [-0.25, -0.2) is 0 Å². The molecule has 7 nitrogen and oxygen atoms in total. The lowest BCUT2D eigenvalue weighted by molar-refractivity contribution is -0.130. The summed E-state index contributed by atoms with van der Waals surface area (Å²) >= 11 is 0. The smallest absolute Gasteiger partial charge is 0.259 e. The van der Waals surface area contributed by atoms with Crippen molar-refractivity contribution in [1.82, 2.24) is 14.7 Å². The van der Waals surface area contributed by atoms with Crippen molar-refractivity contribution < 1.29 is 14.3 Å². The van der Waals surface area contributed by atoms with E-state index in [4.69, 9.17) is 4.74 Å². The molecule has 0 atom stereocenters. The van der Waals surface area contributed by atoms with Crippen LogP contribution in [0.4, 0.5) is 5.69 Å². The van der Waals surface area contributed by atoms with Crippen LogP contribution in [0.1, 0.15) is 37.2 Å². The van der Waals surface area contributed by atoms with Gasteiger partial charge in [-0.15, -0.1) is 0 Å². The summed E-state index contributed by atoms with van der Waals surface area (Å²) < 4.78 is 7.47. The molecular formula is C22H32N4O3. The summed E-state index contributed by atoms with van der Waals surface area (Å²) in [5.74, 6) is 0.959. The molecule has 2 rings (SSSR count). The number of anilines is 1. The van der Waals surface area contributed by atoms with Gasteiger partial charge in [-0.05, 0) is 56.0 Å². The largest absolute Gasteiger partial charge is 0.484 e. The fourth-order valence-corrected chi connectivity index (χ4v) is 2.99. The van der Waals surface area contributed by atoms with Crippen LogP contribution in [0.25, 0.3) is 0 Å². The molecule has 1 aromatic heterocycles. The fraction of sp³-hybridized carbons (Fsp3) is 0.500. The van der Waals surface area contributed by atoms with E-state index >= 15 is 0 Å². The molecule has 0 bridgehead atoms. The van der Waals surface area contributed by atoms with Gasteiger partial charge < -0.3 is 15.0 Å². The van der Waals surface area contributed by atoms with Crippen molar-refractivity contribution in [3.8, 4) is 5.75 Å². The first-order chi connectivity index (χ1) is 13.7. The molecule has 0 radical (unpaired) electrons. The highest BCUT2D eigenvalue weighted by Crippen LogP contribution is 2.18. The standard InChI is InChI=1S/C22H32N4O3/c1-15(2)13-26-17(4)20(16(3)24-26)11-12-21(27)23-18-7-9-19(10-8-18)29-14-22(28)25(5)6/h7-10,15H,11-14H2,1-6H3,(H,23,27). The van der Waals surface area contributed by atoms with E-state index in [1.54, 1.807) is 38.4 Å². The number of hydrogen-bond acceptors (Lipinski definition) is 4. The number of aromatic nitrogens is 2. The number of carbonyl (C=O) groups excluding carboxylic acids is 2. The highest BCUT2D eigenvalue weighted by atomic mass is 16.5. The van der Waals surface area contributed by atoms with Crippen molar-refractivity contribution in [2.24, 2.45) is 5.92 Å². The number of likely N-dealkylation sites (N-methyl/N-ethyl adjacent to an activating group) is 1. The molecule has 158 valence electrons. The Morgan fingerprint density at radius 3 is 2.41 bits per heavy atom. The Labute approximate surface area is 173 Å². The Morgan fingerprint density at radius 2 is 1.83 bits per heavy atom. The average Bonchev–Trinajstić information content (AvgIpc) is 2.91. The van der Waals surface area contributed by atoms with Gasteiger partial charge in [0.15, 0.2) is 6.61 Å². The molecule has 0 aliphatic carbocycles. The first kappa shape index (κ1) is 22.5. The first-order valence-corrected chi connectivity index (χ1v) is 9.93. The van der Waals surface area contributed by atoms with E-state index < -0.39 is 0 Å². The van der Waals surface area contributed by atoms with Gasteiger partial charge in [0.25, 0.3) is 5.91 Å². The van der Waals surface area contributed by atoms with E-state index in [1.165, 1.54) is 4.90 Å². The molecule has 0 unspecified atom stereocenters. The van der Waals surface area contributed by atoms with E-state index in [9.17, 15) is 9.59 Å². The van der Waals surface area contributed by atoms with Gasteiger partial charge in [-0.1, -0.05) is 13.8 Å². The van der Waals surface area contributed by atoms with Crippen LogP contribution >= 0.6 is 0 Å². The first-order valence-electron chi connectivity index (χ1n) is 9.93. The van der Waals surface area contributed by atoms with Gasteiger partial charge in [-0.3, -0.25) is 14.3 Å². The molecular weight excluding hydrogens is 368 g/mol. The second kappa shape index (κ2) is 10.1. The van der Waals surface area contributed by atoms with Gasteiger partial charge in [0.2, 0.25) is 5.91 Å². The summed E-state index contributed by atoms with van der Waals surface area (Å²) in [5.41, 5.74) is 3.97. The number of nitrogens with one attached hydrogen (secondary N) is 1. The number of benzene rings is 1. The predicted molar refractivity (Wildman–Crippen MR) is 114 cm³/mol. The summed E-state index contributed by atoms with van der Waals surface area (Å²) in [6, 6.07) is 7.01. The minimum Gasteiger partial charge on any atom is -0.484 e. The van der Waals surface area contributed by atoms with Gasteiger partial charge in [-0.2, -0.15) is 5.10 Å². The van der Waals surface area contributed by atoms with E-state index in [-0.39, 0.29) is 18.4 Å². The van der Waals surface area contributed by atoms with Crippen molar-refractivity contribution in [2.75, 3.05) is 26.0 Å². The third-order valence-electron chi connectivity index (χ3n) is 4.67. The van der Waals surface area contributed by atoms with Crippen molar-refractivity contribution in [1.29, 1.82) is 0 Å². The lowest BCUT2D eigenvalue weighted by Gasteiger charge is -2.12. The molecule has 0 spiro atoms. The highest BCUT2D eigenvalue weighted by molar-refractivity contribution is 5.90. The summed E-state index contributed by atoms with van der Waals surface area (Å²) in [7, 11) is 3.37. The van der Waals surface area contributed by atoms with Crippen LogP contribution in [-0.2, 0) is 22.6 Å². The summed E-state index contributed by atoms with van der Waals surface area (Å²) in [6.07, 6.45) is 1.06. The Bertz CT molecular complexity index is 838. The number of nitrogens with zero attached hydrogens (tertiary/aromatic N) is 3. The number of rotatable bonds is 9. The Morgan fingerprint density at radius 1 is 1.17 bits per heavy atom. The summed E-state index contributed by atoms with van der Waals surface area (Å²) in [6.45, 7) is 9.27. The lowest BCUT2D eigenvalue weighted by atomic mass is 10.1. The maximum absolute atomic E-state index is 12.3. The molecule has 7 heteroatoms. The van der Waals surface area contributed by atoms with Crippen molar-refractivity contribution >= 4 is 17.5 Å². The van der Waals surface area contributed by atoms with E-state index in [1.807, 2.05) is 11.6 Å². The van der Waals surface area contributed by atoms with Crippen LogP contribution < -0.4 is 10.1 Å². The zero-order valence-corrected chi connectivity index (χ0v) is 18.3. The fourth-order valence-electron chi connectivity index (χ4n) is 2.99. The number of carbonyl (C=O) groups is 2. The second-order valence-corrected chi connectivity index (χ2v) is 7.87. The van der Waals surface area contributed by atoms with E-state index in [0.717, 1.165) is 23.5 Å². The minimum absolute atomic E-state index is 0.0120. The third kappa shape index (κ3) is 6.62. The van der Waals surface area contributed by atoms with Crippen molar-refractivity contribution in [2.45, 2.75) is 47.1 Å². The molecule has 29 heavy (non-hydrogen) atoms. The maximum Gasteiger partial charge on any atom is 0.259 e. The van der Waals surface area contributed by atoms with Crippen LogP contribution in [0.15, 0.2) is 24.3 Å². The molecule has 0 saturated carbocycles. The molecule has 2 amide bonds. The number of ether oxygens (including phenoxy) is 1. The maximum atomic E-state index is 12.3. The zero-order valence-electron chi connectivity index (χ0n) is 18.3. The van der Waals surface area contributed by atoms with Crippen molar-refractivity contribution in [3.05, 3.63) is 41.2 Å². The molecule has 1 aromatic carbocycles. The highest BCUT2D eigenvalue weighted by Gasteiger charge is 2.14. The number of amides is 2. The normalized spacial score (nSPS) is 10.9. The van der Waals surface area contributed by atoms with Crippen LogP contribution in [0.3, 0.4) is 0 Å². The van der Waals surface area contributed by atoms with Gasteiger partial charge in [0.1, 0.15) is 5.75 Å². The minimum atomic E-state index is -0.107. The lowest BCUT2D eigenvalue weighted by Crippen LogP contribution is -2.27. The number of aryl methyl sites for hydroxylation is 1. The molecule has 0 fully saturated rings. The third-order valence-corrected chi connectivity index (χ3v) is 4.67. The van der Waals surface area contributed by atoms with Crippen LogP contribution in [0.5, 0.6) is 5.75 Å². The molecule has 1 N–H and O–H groups in total. The predicted octanol–water partition coefficient (Wildman–Crippen LogP) is 3.19. The van der Waals surface area contributed by atoms with Crippen molar-refractivity contribution in [3.63, 3.8) is 0 Å². The van der Waals surface area contributed by atoms with Crippen LogP contribution in [0, 0.1) is 19.8 Å². The zero-order chi connectivity index (χ0) is 21.6. The SMILES string of the molecule is Cc1nn(CC(C)C)c(C)c1CCC(=O)Nc1ccc(OCC(=O)N(C)C)cc1. The topological polar surface area (TPSA) is 76.5 Å². The second-order valence-electron chi connectivity index (χ2n) is 7.87. The van der Waals surface area contributed by atoms with E-state index in [2.05, 4.69) is 31.2 Å². The average molecular weight is 401 g/mol. The van der Waals surface area contributed by atoms with Gasteiger partial charge >= 0.3 is 0 Å². The molecule has 0 aliphatic heterocycles. The molecule has 0 aliphatic rings.